The first-order chi connectivity index (χ1) is 15.8. The molecule has 4 rings (SSSR count). The van der Waals surface area contributed by atoms with E-state index >= 15 is 0 Å². The van der Waals surface area contributed by atoms with Gasteiger partial charge in [-0.1, -0.05) is 30.3 Å². The quantitative estimate of drug-likeness (QED) is 0.288. The van der Waals surface area contributed by atoms with Crippen LogP contribution in [-0.2, 0) is 13.1 Å². The number of hydrogen-bond donors (Lipinski definition) is 4. The van der Waals surface area contributed by atoms with E-state index in [9.17, 15) is 5.11 Å². The number of benzene rings is 2. The summed E-state index contributed by atoms with van der Waals surface area (Å²) in [6.07, 6.45) is 1.76. The van der Waals surface area contributed by atoms with E-state index in [1.54, 1.807) is 27.3 Å². The third-order valence-electron chi connectivity index (χ3n) is 5.14. The van der Waals surface area contributed by atoms with Crippen molar-refractivity contribution in [2.75, 3.05) is 30.0 Å². The lowest BCUT2D eigenvalue weighted by Crippen LogP contribution is -2.30. The summed E-state index contributed by atoms with van der Waals surface area (Å²) in [6, 6.07) is 15.7. The summed E-state index contributed by atoms with van der Waals surface area (Å²) in [5, 5.41) is 16.6. The Bertz CT molecular complexity index is 1230. The highest BCUT2D eigenvalue weighted by Crippen LogP contribution is 2.25. The standard InChI is InChI=1S/C24H29N7O2/c1-24(2,32)14-27-23-29-21(26-12-17-11-18(33-3)9-10-19(17)25)20-22(30-23)31(15-28-20)13-16-7-5-4-6-8-16/h4-11,15,32H,12-14,25H2,1-3H3,(H2,26,27,29,30). The average Bonchev–Trinajstić information content (AvgIpc) is 3.20. The van der Waals surface area contributed by atoms with Crippen LogP contribution in [0.3, 0.4) is 0 Å². The Morgan fingerprint density at radius 3 is 2.61 bits per heavy atom. The summed E-state index contributed by atoms with van der Waals surface area (Å²) in [5.41, 5.74) is 9.26. The lowest BCUT2D eigenvalue weighted by molar-refractivity contribution is 0.0943. The molecule has 2 aromatic heterocycles. The summed E-state index contributed by atoms with van der Waals surface area (Å²) in [4.78, 5) is 13.9. The molecule has 0 bridgehead atoms. The number of ether oxygens (including phenoxy) is 1. The third kappa shape index (κ3) is 5.50. The van der Waals surface area contributed by atoms with E-state index in [1.165, 1.54) is 0 Å². The van der Waals surface area contributed by atoms with Gasteiger partial charge in [0.15, 0.2) is 17.0 Å². The number of aromatic nitrogens is 4. The van der Waals surface area contributed by atoms with E-state index in [1.807, 2.05) is 41.0 Å². The van der Waals surface area contributed by atoms with Crippen molar-refractivity contribution in [3.05, 3.63) is 66.0 Å². The Morgan fingerprint density at radius 2 is 1.88 bits per heavy atom. The lowest BCUT2D eigenvalue weighted by atomic mass is 10.1. The topological polar surface area (TPSA) is 123 Å². The van der Waals surface area contributed by atoms with Gasteiger partial charge < -0.3 is 30.8 Å². The highest BCUT2D eigenvalue weighted by Gasteiger charge is 2.17. The van der Waals surface area contributed by atoms with Crippen molar-refractivity contribution in [1.29, 1.82) is 0 Å². The predicted molar refractivity (Wildman–Crippen MR) is 130 cm³/mol. The number of nitrogens with two attached hydrogens (primary N) is 1. The van der Waals surface area contributed by atoms with Gasteiger partial charge in [0, 0.05) is 18.8 Å². The Kier molecular flexibility index (Phi) is 6.32. The number of nitrogens with one attached hydrogen (secondary N) is 2. The van der Waals surface area contributed by atoms with Gasteiger partial charge in [-0.2, -0.15) is 9.97 Å². The van der Waals surface area contributed by atoms with Gasteiger partial charge in [-0.3, -0.25) is 0 Å². The van der Waals surface area contributed by atoms with E-state index in [4.69, 9.17) is 10.5 Å². The van der Waals surface area contributed by atoms with E-state index in [0.29, 0.717) is 48.3 Å². The SMILES string of the molecule is COc1ccc(N)c(CNc2nc(NCC(C)(C)O)nc3c2ncn3Cc2ccccc2)c1. The molecule has 9 nitrogen and oxygen atoms in total. The molecule has 0 atom stereocenters. The largest absolute Gasteiger partial charge is 0.497 e. The first kappa shape index (κ1) is 22.3. The van der Waals surface area contributed by atoms with Crippen LogP contribution in [0.5, 0.6) is 5.75 Å². The fourth-order valence-corrected chi connectivity index (χ4v) is 3.38. The number of rotatable bonds is 9. The number of imidazole rings is 1. The fourth-order valence-electron chi connectivity index (χ4n) is 3.38. The van der Waals surface area contributed by atoms with Crippen LogP contribution in [0.2, 0.25) is 0 Å². The molecule has 2 aromatic carbocycles. The minimum Gasteiger partial charge on any atom is -0.497 e. The zero-order valence-electron chi connectivity index (χ0n) is 19.0. The number of fused-ring (bicyclic) bond motifs is 1. The monoisotopic (exact) mass is 447 g/mol. The number of methoxy groups -OCH3 is 1. The van der Waals surface area contributed by atoms with Crippen molar-refractivity contribution in [2.24, 2.45) is 0 Å². The number of hydrogen-bond acceptors (Lipinski definition) is 8. The molecule has 0 aliphatic rings. The van der Waals surface area contributed by atoms with Crippen LogP contribution in [0.25, 0.3) is 11.2 Å². The Labute approximate surface area is 192 Å². The van der Waals surface area contributed by atoms with Gasteiger partial charge in [-0.05, 0) is 43.2 Å². The summed E-state index contributed by atoms with van der Waals surface area (Å²) < 4.78 is 7.30. The van der Waals surface area contributed by atoms with Crippen LogP contribution in [0, 0.1) is 0 Å². The van der Waals surface area contributed by atoms with Gasteiger partial charge in [-0.15, -0.1) is 0 Å². The normalized spacial score (nSPS) is 11.5. The van der Waals surface area contributed by atoms with E-state index in [2.05, 4.69) is 37.7 Å². The highest BCUT2D eigenvalue weighted by molar-refractivity contribution is 5.84. The molecule has 172 valence electrons. The van der Waals surface area contributed by atoms with Crippen LogP contribution < -0.4 is 21.1 Å². The average molecular weight is 448 g/mol. The van der Waals surface area contributed by atoms with Crippen molar-refractivity contribution in [3.63, 3.8) is 0 Å². The smallest absolute Gasteiger partial charge is 0.226 e. The van der Waals surface area contributed by atoms with Crippen molar-refractivity contribution in [2.45, 2.75) is 32.5 Å². The van der Waals surface area contributed by atoms with E-state index in [0.717, 1.165) is 16.9 Å². The van der Waals surface area contributed by atoms with Crippen molar-refractivity contribution in [3.8, 4) is 5.75 Å². The van der Waals surface area contributed by atoms with Gasteiger partial charge in [-0.25, -0.2) is 4.98 Å². The van der Waals surface area contributed by atoms with E-state index in [-0.39, 0.29) is 0 Å². The van der Waals surface area contributed by atoms with E-state index < -0.39 is 5.60 Å². The zero-order chi connectivity index (χ0) is 23.4. The number of nitrogens with zero attached hydrogens (tertiary/aromatic N) is 4. The molecule has 0 aliphatic carbocycles. The lowest BCUT2D eigenvalue weighted by Gasteiger charge is -2.18. The molecule has 0 radical (unpaired) electrons. The second kappa shape index (κ2) is 9.33. The number of anilines is 3. The summed E-state index contributed by atoms with van der Waals surface area (Å²) in [6.45, 7) is 4.81. The molecule has 0 saturated heterocycles. The van der Waals surface area contributed by atoms with Gasteiger partial charge in [0.25, 0.3) is 0 Å². The number of nitrogen functional groups attached to an aromatic ring is 1. The maximum Gasteiger partial charge on any atom is 0.226 e. The molecule has 4 aromatic rings. The predicted octanol–water partition coefficient (Wildman–Crippen LogP) is 3.26. The minimum atomic E-state index is -0.911. The second-order valence-corrected chi connectivity index (χ2v) is 8.51. The van der Waals surface area contributed by atoms with Crippen LogP contribution >= 0.6 is 0 Å². The maximum absolute atomic E-state index is 10.1. The first-order valence-corrected chi connectivity index (χ1v) is 10.7. The molecule has 0 saturated carbocycles. The second-order valence-electron chi connectivity index (χ2n) is 8.51. The maximum atomic E-state index is 10.1. The van der Waals surface area contributed by atoms with Crippen molar-refractivity contribution >= 4 is 28.6 Å². The minimum absolute atomic E-state index is 0.299. The van der Waals surface area contributed by atoms with Crippen molar-refractivity contribution in [1.82, 2.24) is 19.5 Å². The Morgan fingerprint density at radius 1 is 1.09 bits per heavy atom. The molecular weight excluding hydrogens is 418 g/mol. The molecule has 0 aliphatic heterocycles. The molecule has 9 heteroatoms. The Hall–Kier alpha value is -3.85. The molecule has 0 fully saturated rings. The Balaban J connectivity index is 1.67. The van der Waals surface area contributed by atoms with Crippen molar-refractivity contribution < 1.29 is 9.84 Å². The van der Waals surface area contributed by atoms with Gasteiger partial charge in [0.1, 0.15) is 5.75 Å². The molecule has 33 heavy (non-hydrogen) atoms. The summed E-state index contributed by atoms with van der Waals surface area (Å²) >= 11 is 0. The van der Waals surface area contributed by atoms with Crippen LogP contribution in [0.1, 0.15) is 25.0 Å². The zero-order valence-corrected chi connectivity index (χ0v) is 19.0. The molecule has 0 amide bonds. The van der Waals surface area contributed by atoms with Crippen LogP contribution in [0.15, 0.2) is 54.9 Å². The van der Waals surface area contributed by atoms with Gasteiger partial charge in [0.05, 0.1) is 25.6 Å². The van der Waals surface area contributed by atoms with Crippen LogP contribution in [0.4, 0.5) is 17.5 Å². The number of aliphatic hydroxyl groups is 1. The third-order valence-corrected chi connectivity index (χ3v) is 5.14. The fraction of sp³-hybridized carbons (Fsp3) is 0.292. The van der Waals surface area contributed by atoms with Crippen LogP contribution in [-0.4, -0.2) is 43.9 Å². The molecule has 2 heterocycles. The summed E-state index contributed by atoms with van der Waals surface area (Å²) in [5.74, 6) is 1.71. The summed E-state index contributed by atoms with van der Waals surface area (Å²) in [7, 11) is 1.62. The highest BCUT2D eigenvalue weighted by atomic mass is 16.5. The molecule has 0 spiro atoms. The molecular formula is C24H29N7O2. The van der Waals surface area contributed by atoms with Gasteiger partial charge in [0.2, 0.25) is 5.95 Å². The van der Waals surface area contributed by atoms with Gasteiger partial charge >= 0.3 is 0 Å². The molecule has 5 N–H and O–H groups in total. The molecule has 0 unspecified atom stereocenters. The first-order valence-electron chi connectivity index (χ1n) is 10.7.